The van der Waals surface area contributed by atoms with Crippen LogP contribution in [0.2, 0.25) is 0 Å². The largest absolute Gasteiger partial charge is 0.367 e. The summed E-state index contributed by atoms with van der Waals surface area (Å²) in [5.74, 6) is -0.894. The minimum absolute atomic E-state index is 0.0864. The maximum absolute atomic E-state index is 13.8. The molecule has 30 heavy (non-hydrogen) atoms. The molecule has 1 aromatic carbocycles. The van der Waals surface area contributed by atoms with Crippen molar-refractivity contribution >= 4 is 21.6 Å². The van der Waals surface area contributed by atoms with Crippen LogP contribution in [-0.4, -0.2) is 55.4 Å². The quantitative estimate of drug-likeness (QED) is 0.727. The zero-order valence-electron chi connectivity index (χ0n) is 17.6. The van der Waals surface area contributed by atoms with E-state index in [-0.39, 0.29) is 28.0 Å². The third-order valence-electron chi connectivity index (χ3n) is 6.70. The van der Waals surface area contributed by atoms with Crippen molar-refractivity contribution in [3.8, 4) is 0 Å². The molecule has 0 bridgehead atoms. The summed E-state index contributed by atoms with van der Waals surface area (Å²) in [5.41, 5.74) is 0.584. The maximum Gasteiger partial charge on any atom is 0.249 e. The van der Waals surface area contributed by atoms with E-state index in [0.717, 1.165) is 57.8 Å². The van der Waals surface area contributed by atoms with Gasteiger partial charge < -0.3 is 4.90 Å². The van der Waals surface area contributed by atoms with Crippen LogP contribution in [0, 0.1) is 0 Å². The van der Waals surface area contributed by atoms with Crippen LogP contribution in [0.25, 0.3) is 0 Å². The molecule has 0 unspecified atom stereocenters. The summed E-state index contributed by atoms with van der Waals surface area (Å²) in [5, 5.41) is 0. The van der Waals surface area contributed by atoms with E-state index in [1.807, 2.05) is 4.90 Å². The fourth-order valence-electron chi connectivity index (χ4n) is 4.95. The van der Waals surface area contributed by atoms with E-state index in [4.69, 9.17) is 0 Å². The SMILES string of the molecule is CN(C1CCCCC1)S(=O)(=O)C1=C(N2CCCCCC2)C(=O)c2ccccc2C1=O. The van der Waals surface area contributed by atoms with Gasteiger partial charge in [0.2, 0.25) is 21.6 Å². The zero-order chi connectivity index (χ0) is 21.3. The van der Waals surface area contributed by atoms with Crippen molar-refractivity contribution in [3.05, 3.63) is 46.0 Å². The number of nitrogens with zero attached hydrogens (tertiary/aromatic N) is 2. The number of rotatable bonds is 4. The lowest BCUT2D eigenvalue weighted by molar-refractivity contribution is 0.0946. The third-order valence-corrected chi connectivity index (χ3v) is 8.65. The Kier molecular flexibility index (Phi) is 6.11. The topological polar surface area (TPSA) is 74.8 Å². The zero-order valence-corrected chi connectivity index (χ0v) is 18.4. The molecule has 1 aromatic rings. The molecule has 2 fully saturated rings. The van der Waals surface area contributed by atoms with E-state index in [0.29, 0.717) is 18.7 Å². The summed E-state index contributed by atoms with van der Waals surface area (Å²) in [4.78, 5) is 28.5. The van der Waals surface area contributed by atoms with E-state index in [2.05, 4.69) is 0 Å². The molecule has 2 aliphatic carbocycles. The summed E-state index contributed by atoms with van der Waals surface area (Å²) in [6, 6.07) is 6.46. The van der Waals surface area contributed by atoms with E-state index < -0.39 is 15.8 Å². The molecule has 1 heterocycles. The highest BCUT2D eigenvalue weighted by Crippen LogP contribution is 2.35. The Hall–Kier alpha value is -1.99. The van der Waals surface area contributed by atoms with Crippen LogP contribution < -0.4 is 0 Å². The van der Waals surface area contributed by atoms with Crippen LogP contribution in [0.1, 0.15) is 78.5 Å². The highest BCUT2D eigenvalue weighted by Gasteiger charge is 2.44. The first-order valence-corrected chi connectivity index (χ1v) is 12.5. The van der Waals surface area contributed by atoms with Crippen molar-refractivity contribution in [1.82, 2.24) is 9.21 Å². The van der Waals surface area contributed by atoms with Crippen molar-refractivity contribution < 1.29 is 18.0 Å². The minimum atomic E-state index is -4.10. The number of sulfonamides is 1. The molecule has 6 nitrogen and oxygen atoms in total. The number of hydrogen-bond donors (Lipinski definition) is 0. The predicted octanol–water partition coefficient (Wildman–Crippen LogP) is 3.75. The first kappa shape index (κ1) is 21.2. The molecule has 3 aliphatic rings. The number of allylic oxidation sites excluding steroid dienone is 2. The summed E-state index contributed by atoms with van der Waals surface area (Å²) in [6.07, 6.45) is 8.53. The number of Topliss-reactive ketones (excluding diaryl/α,β-unsaturated/α-hetero) is 2. The fourth-order valence-corrected chi connectivity index (χ4v) is 6.65. The number of benzene rings is 1. The number of ketones is 2. The molecule has 7 heteroatoms. The number of hydrogen-bond acceptors (Lipinski definition) is 5. The van der Waals surface area contributed by atoms with Gasteiger partial charge in [-0.1, -0.05) is 56.4 Å². The van der Waals surface area contributed by atoms with Crippen LogP contribution >= 0.6 is 0 Å². The number of carbonyl (C=O) groups is 2. The van der Waals surface area contributed by atoms with Gasteiger partial charge in [0.15, 0.2) is 4.91 Å². The summed E-state index contributed by atoms with van der Waals surface area (Å²) in [6.45, 7) is 1.20. The Bertz CT molecular complexity index is 969. The molecule has 162 valence electrons. The van der Waals surface area contributed by atoms with Gasteiger partial charge in [-0.05, 0) is 25.7 Å². The standard InChI is InChI=1S/C23H30N2O4S/c1-24(17-11-5-4-6-12-17)30(28,29)23-20(25-15-9-2-3-10-16-25)21(26)18-13-7-8-14-19(18)22(23)27/h7-8,13-14,17H,2-6,9-12,15-16H2,1H3. The van der Waals surface area contributed by atoms with Crippen LogP contribution in [0.15, 0.2) is 34.9 Å². The van der Waals surface area contributed by atoms with Crippen molar-refractivity contribution in [1.29, 1.82) is 0 Å². The number of carbonyl (C=O) groups excluding carboxylic acids is 2. The van der Waals surface area contributed by atoms with Gasteiger partial charge in [0.1, 0.15) is 5.70 Å². The van der Waals surface area contributed by atoms with E-state index in [1.54, 1.807) is 31.3 Å². The monoisotopic (exact) mass is 430 g/mol. The second kappa shape index (κ2) is 8.63. The van der Waals surface area contributed by atoms with Gasteiger partial charge in [0.05, 0.1) is 0 Å². The molecular weight excluding hydrogens is 400 g/mol. The average Bonchev–Trinajstić information content (AvgIpc) is 3.05. The second-order valence-electron chi connectivity index (χ2n) is 8.60. The highest BCUT2D eigenvalue weighted by atomic mass is 32.2. The van der Waals surface area contributed by atoms with Gasteiger partial charge in [-0.3, -0.25) is 9.59 Å². The first-order chi connectivity index (χ1) is 14.4. The van der Waals surface area contributed by atoms with Crippen LogP contribution in [0.4, 0.5) is 0 Å². The van der Waals surface area contributed by atoms with Gasteiger partial charge >= 0.3 is 0 Å². The van der Waals surface area contributed by atoms with Gasteiger partial charge in [-0.25, -0.2) is 8.42 Å². The van der Waals surface area contributed by atoms with Gasteiger partial charge in [0.25, 0.3) is 0 Å². The highest BCUT2D eigenvalue weighted by molar-refractivity contribution is 7.94. The molecular formula is C23H30N2O4S. The maximum atomic E-state index is 13.8. The van der Waals surface area contributed by atoms with E-state index >= 15 is 0 Å². The average molecular weight is 431 g/mol. The molecule has 0 N–H and O–H groups in total. The van der Waals surface area contributed by atoms with Crippen LogP contribution in [0.5, 0.6) is 0 Å². The Balaban J connectivity index is 1.85. The predicted molar refractivity (Wildman–Crippen MR) is 116 cm³/mol. The molecule has 1 aliphatic heterocycles. The molecule has 4 rings (SSSR count). The first-order valence-electron chi connectivity index (χ1n) is 11.1. The van der Waals surface area contributed by atoms with E-state index in [9.17, 15) is 18.0 Å². The van der Waals surface area contributed by atoms with Crippen LogP contribution in [0.3, 0.4) is 0 Å². The third kappa shape index (κ3) is 3.73. The molecule has 0 radical (unpaired) electrons. The normalized spacial score (nSPS) is 21.7. The molecule has 1 saturated heterocycles. The van der Waals surface area contributed by atoms with Crippen molar-refractivity contribution in [3.63, 3.8) is 0 Å². The molecule has 0 spiro atoms. The minimum Gasteiger partial charge on any atom is -0.367 e. The lowest BCUT2D eigenvalue weighted by atomic mass is 9.91. The van der Waals surface area contributed by atoms with Crippen LogP contribution in [-0.2, 0) is 10.0 Å². The lowest BCUT2D eigenvalue weighted by Gasteiger charge is -2.34. The Morgan fingerprint density at radius 1 is 0.833 bits per heavy atom. The smallest absolute Gasteiger partial charge is 0.249 e. The Morgan fingerprint density at radius 2 is 1.37 bits per heavy atom. The second-order valence-corrected chi connectivity index (χ2v) is 10.5. The summed E-state index contributed by atoms with van der Waals surface area (Å²) >= 11 is 0. The summed E-state index contributed by atoms with van der Waals surface area (Å²) in [7, 11) is -2.53. The lowest BCUT2D eigenvalue weighted by Crippen LogP contribution is -2.44. The molecule has 1 saturated carbocycles. The molecule has 0 atom stereocenters. The van der Waals surface area contributed by atoms with Gasteiger partial charge in [0, 0.05) is 37.3 Å². The van der Waals surface area contributed by atoms with Gasteiger partial charge in [-0.2, -0.15) is 4.31 Å². The van der Waals surface area contributed by atoms with Crippen molar-refractivity contribution in [2.24, 2.45) is 0 Å². The Morgan fingerprint density at radius 3 is 1.97 bits per heavy atom. The van der Waals surface area contributed by atoms with E-state index in [1.165, 1.54) is 4.31 Å². The molecule has 0 aromatic heterocycles. The summed E-state index contributed by atoms with van der Waals surface area (Å²) < 4.78 is 28.9. The molecule has 0 amide bonds. The van der Waals surface area contributed by atoms with Gasteiger partial charge in [-0.15, -0.1) is 0 Å². The fraction of sp³-hybridized carbons (Fsp3) is 0.565. The van der Waals surface area contributed by atoms with Crippen molar-refractivity contribution in [2.45, 2.75) is 63.8 Å². The Labute approximate surface area is 179 Å². The van der Waals surface area contributed by atoms with Crippen molar-refractivity contribution in [2.75, 3.05) is 20.1 Å². The number of fused-ring (bicyclic) bond motifs is 1. The number of likely N-dealkylation sites (tertiary alicyclic amines) is 1.